The normalized spacial score (nSPS) is 14.4. The monoisotopic (exact) mass is 404 g/mol. The van der Waals surface area contributed by atoms with Crippen LogP contribution in [0.4, 0.5) is 4.39 Å². The van der Waals surface area contributed by atoms with Crippen LogP contribution in [0.2, 0.25) is 0 Å². The molecule has 0 aromatic carbocycles. The molecular weight excluding hydrogens is 359 g/mol. The van der Waals surface area contributed by atoms with E-state index >= 15 is 0 Å². The third-order valence-corrected chi connectivity index (χ3v) is 5.07. The molecule has 166 valence electrons. The summed E-state index contributed by atoms with van der Waals surface area (Å²) >= 11 is 0. The van der Waals surface area contributed by atoms with Crippen LogP contribution >= 0.6 is 0 Å². The molecule has 0 spiro atoms. The first-order valence-corrected chi connectivity index (χ1v) is 11.5. The van der Waals surface area contributed by atoms with Gasteiger partial charge in [0.25, 0.3) is 0 Å². The van der Waals surface area contributed by atoms with E-state index in [1.54, 1.807) is 6.92 Å². The minimum atomic E-state index is -0.213. The fraction of sp³-hybridized carbons (Fsp3) is 0.615. The van der Waals surface area contributed by atoms with Gasteiger partial charge in [0.2, 0.25) is 0 Å². The Kier molecular flexibility index (Phi) is 17.6. The second kappa shape index (κ2) is 18.6. The molecule has 1 atom stereocenters. The van der Waals surface area contributed by atoms with Gasteiger partial charge in [0.15, 0.2) is 0 Å². The molecule has 0 aliphatic rings. The molecule has 0 aliphatic heterocycles. The summed E-state index contributed by atoms with van der Waals surface area (Å²) in [4.78, 5) is 2.58. The van der Waals surface area contributed by atoms with E-state index in [0.717, 1.165) is 57.4 Å². The molecule has 1 unspecified atom stereocenters. The van der Waals surface area contributed by atoms with Crippen molar-refractivity contribution in [3.05, 3.63) is 60.0 Å². The van der Waals surface area contributed by atoms with Crippen molar-refractivity contribution < 1.29 is 4.39 Å². The van der Waals surface area contributed by atoms with Crippen LogP contribution in [0.1, 0.15) is 73.1 Å². The third kappa shape index (κ3) is 13.4. The Hall–Kier alpha value is -1.45. The van der Waals surface area contributed by atoms with Crippen molar-refractivity contribution in [3.8, 4) is 0 Å². The zero-order valence-corrected chi connectivity index (χ0v) is 19.6. The Balaban J connectivity index is 5.34. The van der Waals surface area contributed by atoms with Gasteiger partial charge in [0.05, 0.1) is 0 Å². The Morgan fingerprint density at radius 2 is 1.86 bits per heavy atom. The van der Waals surface area contributed by atoms with E-state index in [2.05, 4.69) is 62.7 Å². The van der Waals surface area contributed by atoms with Gasteiger partial charge in [0.1, 0.15) is 5.83 Å². The van der Waals surface area contributed by atoms with Crippen LogP contribution in [-0.4, -0.2) is 37.1 Å². The maximum Gasteiger partial charge on any atom is 0.118 e. The van der Waals surface area contributed by atoms with Crippen molar-refractivity contribution in [1.82, 2.24) is 10.2 Å². The van der Waals surface area contributed by atoms with Crippen LogP contribution in [-0.2, 0) is 0 Å². The first-order valence-electron chi connectivity index (χ1n) is 11.5. The van der Waals surface area contributed by atoms with E-state index in [1.165, 1.54) is 30.6 Å². The van der Waals surface area contributed by atoms with Crippen molar-refractivity contribution >= 4 is 0 Å². The lowest BCUT2D eigenvalue weighted by molar-refractivity contribution is 0.221. The number of nitrogens with one attached hydrogen (secondary N) is 1. The van der Waals surface area contributed by atoms with Crippen LogP contribution in [0.25, 0.3) is 0 Å². The fourth-order valence-corrected chi connectivity index (χ4v) is 3.36. The summed E-state index contributed by atoms with van der Waals surface area (Å²) in [6.07, 6.45) is 18.2. The van der Waals surface area contributed by atoms with Gasteiger partial charge >= 0.3 is 0 Å². The van der Waals surface area contributed by atoms with Crippen LogP contribution in [0.15, 0.2) is 60.0 Å². The van der Waals surface area contributed by atoms with Crippen molar-refractivity contribution in [1.29, 1.82) is 0 Å². The van der Waals surface area contributed by atoms with Gasteiger partial charge in [-0.3, -0.25) is 4.90 Å². The van der Waals surface area contributed by atoms with Gasteiger partial charge in [-0.25, -0.2) is 4.39 Å². The van der Waals surface area contributed by atoms with E-state index in [-0.39, 0.29) is 5.83 Å². The molecule has 3 heteroatoms. The number of allylic oxidation sites excluding steroid dienone is 7. The number of hydrogen-bond donors (Lipinski definition) is 1. The van der Waals surface area contributed by atoms with Gasteiger partial charge < -0.3 is 5.32 Å². The number of hydrogen-bond acceptors (Lipinski definition) is 2. The van der Waals surface area contributed by atoms with Gasteiger partial charge in [-0.1, -0.05) is 76.1 Å². The highest BCUT2D eigenvalue weighted by atomic mass is 19.1. The number of likely N-dealkylation sites (N-methyl/N-ethyl adjacent to an activating group) is 1. The zero-order chi connectivity index (χ0) is 21.9. The van der Waals surface area contributed by atoms with Gasteiger partial charge in [-0.05, 0) is 77.4 Å². The topological polar surface area (TPSA) is 15.3 Å². The van der Waals surface area contributed by atoms with Crippen molar-refractivity contribution in [2.24, 2.45) is 0 Å². The summed E-state index contributed by atoms with van der Waals surface area (Å²) in [5.74, 6) is -0.213. The predicted molar refractivity (Wildman–Crippen MR) is 129 cm³/mol. The molecule has 0 heterocycles. The first-order chi connectivity index (χ1) is 14.0. The summed E-state index contributed by atoms with van der Waals surface area (Å²) in [5.41, 5.74) is 2.38. The maximum absolute atomic E-state index is 13.4. The Bertz CT molecular complexity index is 543. The van der Waals surface area contributed by atoms with E-state index < -0.39 is 0 Å². The Labute approximate surface area is 180 Å². The van der Waals surface area contributed by atoms with E-state index in [9.17, 15) is 4.39 Å². The molecule has 0 aromatic rings. The number of halogens is 1. The second-order valence-corrected chi connectivity index (χ2v) is 7.40. The molecular formula is C26H45FN2. The number of nitrogens with zero attached hydrogens (tertiary/aromatic N) is 1. The molecule has 0 fully saturated rings. The van der Waals surface area contributed by atoms with Crippen molar-refractivity contribution in [3.63, 3.8) is 0 Å². The van der Waals surface area contributed by atoms with Gasteiger partial charge in [0, 0.05) is 6.04 Å². The summed E-state index contributed by atoms with van der Waals surface area (Å²) in [6.45, 7) is 18.7. The molecule has 0 radical (unpaired) electrons. The summed E-state index contributed by atoms with van der Waals surface area (Å²) in [7, 11) is 0. The zero-order valence-electron chi connectivity index (χ0n) is 19.6. The van der Waals surface area contributed by atoms with Crippen molar-refractivity contribution in [2.45, 2.75) is 79.2 Å². The van der Waals surface area contributed by atoms with Crippen LogP contribution < -0.4 is 5.32 Å². The van der Waals surface area contributed by atoms with Gasteiger partial charge in [-0.2, -0.15) is 0 Å². The summed E-state index contributed by atoms with van der Waals surface area (Å²) in [5, 5.41) is 3.43. The maximum atomic E-state index is 13.4. The molecule has 0 rings (SSSR count). The first kappa shape index (κ1) is 27.5. The minimum Gasteiger partial charge on any atom is -0.317 e. The predicted octanol–water partition coefficient (Wildman–Crippen LogP) is 7.14. The van der Waals surface area contributed by atoms with Crippen LogP contribution in [0.5, 0.6) is 0 Å². The quantitative estimate of drug-likeness (QED) is 0.205. The molecule has 2 nitrogen and oxygen atoms in total. The standard InChI is InChI=1S/C26H45FN2/c1-7-12-13-16-24(15-8-2)26(29(11-5)22-14-21-28-10-4)20-18-23(6)17-19-25(27)9-3/h8-9,15-17,19,26,28H,6-7,10-14,18,20-22H2,1-5H3/b15-8-,19-17-,24-16+,25-9+. The van der Waals surface area contributed by atoms with Crippen LogP contribution in [0, 0.1) is 0 Å². The lowest BCUT2D eigenvalue weighted by Gasteiger charge is -2.32. The lowest BCUT2D eigenvalue weighted by atomic mass is 9.95. The van der Waals surface area contributed by atoms with Crippen molar-refractivity contribution in [2.75, 3.05) is 26.2 Å². The van der Waals surface area contributed by atoms with E-state index in [4.69, 9.17) is 0 Å². The SMILES string of the molecule is C=C(/C=C\C(F)=C/C)CCC(C(/C=C\C)=C/CCCC)N(CC)CCCNCC. The highest BCUT2D eigenvalue weighted by Crippen LogP contribution is 2.22. The summed E-state index contributed by atoms with van der Waals surface area (Å²) in [6, 6.07) is 0.367. The Morgan fingerprint density at radius 1 is 1.10 bits per heavy atom. The molecule has 0 bridgehead atoms. The average molecular weight is 405 g/mol. The smallest absolute Gasteiger partial charge is 0.118 e. The second-order valence-electron chi connectivity index (χ2n) is 7.40. The Morgan fingerprint density at radius 3 is 2.45 bits per heavy atom. The largest absolute Gasteiger partial charge is 0.317 e. The molecule has 29 heavy (non-hydrogen) atoms. The van der Waals surface area contributed by atoms with Crippen LogP contribution in [0.3, 0.4) is 0 Å². The molecule has 0 saturated heterocycles. The van der Waals surface area contributed by atoms with Gasteiger partial charge in [-0.15, -0.1) is 0 Å². The third-order valence-electron chi connectivity index (χ3n) is 5.07. The van der Waals surface area contributed by atoms with E-state index in [1.807, 2.05) is 6.08 Å². The van der Waals surface area contributed by atoms with E-state index in [0.29, 0.717) is 6.04 Å². The molecule has 0 aliphatic carbocycles. The highest BCUT2D eigenvalue weighted by Gasteiger charge is 2.19. The highest BCUT2D eigenvalue weighted by molar-refractivity contribution is 5.27. The number of rotatable bonds is 17. The molecule has 0 amide bonds. The number of unbranched alkanes of at least 4 members (excludes halogenated alkanes) is 2. The molecule has 0 saturated carbocycles. The minimum absolute atomic E-state index is 0.213. The lowest BCUT2D eigenvalue weighted by Crippen LogP contribution is -2.38. The fourth-order valence-electron chi connectivity index (χ4n) is 3.36. The summed E-state index contributed by atoms with van der Waals surface area (Å²) < 4.78 is 13.4. The molecule has 0 aromatic heterocycles. The molecule has 1 N–H and O–H groups in total. The average Bonchev–Trinajstić information content (AvgIpc) is 2.73.